The second-order valence-electron chi connectivity index (χ2n) is 2.29. The van der Waals surface area contributed by atoms with E-state index < -0.39 is 17.7 Å². The molecule has 13 heavy (non-hydrogen) atoms. The number of furan rings is 1. The Morgan fingerprint density at radius 1 is 1.46 bits per heavy atom. The fraction of sp³-hybridized carbons (Fsp3) is 0.286. The van der Waals surface area contributed by atoms with Crippen molar-refractivity contribution in [3.63, 3.8) is 0 Å². The van der Waals surface area contributed by atoms with E-state index in [1.807, 2.05) is 0 Å². The second-order valence-corrected chi connectivity index (χ2v) is 2.29. The van der Waals surface area contributed by atoms with Crippen LogP contribution in [0.1, 0.15) is 16.3 Å². The van der Waals surface area contributed by atoms with Gasteiger partial charge >= 0.3 is 6.18 Å². The molecule has 1 aromatic heterocycles. The van der Waals surface area contributed by atoms with Gasteiger partial charge in [0, 0.05) is 0 Å². The summed E-state index contributed by atoms with van der Waals surface area (Å²) in [4.78, 5) is 10.8. The minimum Gasteiger partial charge on any atom is -0.448 e. The average molecular weight is 193 g/mol. The first-order chi connectivity index (χ1) is 5.95. The highest BCUT2D eigenvalue weighted by Gasteiger charge is 2.35. The summed E-state index contributed by atoms with van der Waals surface area (Å²) in [6, 6.07) is 1.65. The number of hydrogen-bond acceptors (Lipinski definition) is 3. The molecule has 0 spiro atoms. The lowest BCUT2D eigenvalue weighted by Crippen LogP contribution is -2.12. The highest BCUT2D eigenvalue weighted by Crippen LogP contribution is 2.30. The monoisotopic (exact) mass is 193 g/mol. The van der Waals surface area contributed by atoms with Gasteiger partial charge in [-0.25, -0.2) is 0 Å². The lowest BCUT2D eigenvalue weighted by molar-refractivity contribution is -0.153. The van der Waals surface area contributed by atoms with Gasteiger partial charge in [0.1, 0.15) is 0 Å². The van der Waals surface area contributed by atoms with Gasteiger partial charge in [0.15, 0.2) is 5.76 Å². The quantitative estimate of drug-likeness (QED) is 0.723. The van der Waals surface area contributed by atoms with Crippen molar-refractivity contribution in [1.29, 1.82) is 0 Å². The molecule has 1 aromatic rings. The molecule has 0 atom stereocenters. The number of carbonyl (C=O) groups excluding carboxylic acids is 1. The molecule has 0 saturated heterocycles. The Bertz CT molecular complexity index is 316. The van der Waals surface area contributed by atoms with Crippen LogP contribution in [-0.2, 0) is 6.18 Å². The van der Waals surface area contributed by atoms with Crippen LogP contribution in [0.4, 0.5) is 13.2 Å². The molecule has 0 radical (unpaired) electrons. The molecular weight excluding hydrogens is 187 g/mol. The van der Waals surface area contributed by atoms with Gasteiger partial charge in [-0.05, 0) is 12.1 Å². The highest BCUT2D eigenvalue weighted by atomic mass is 19.4. The smallest absolute Gasteiger partial charge is 0.448 e. The number of rotatable bonds is 2. The molecule has 0 aromatic carbocycles. The molecule has 0 aliphatic carbocycles. The van der Waals surface area contributed by atoms with Gasteiger partial charge in [0.05, 0.1) is 6.54 Å². The molecule has 0 bridgehead atoms. The predicted octanol–water partition coefficient (Wildman–Crippen LogP) is 1.44. The third-order valence-corrected chi connectivity index (χ3v) is 1.35. The van der Waals surface area contributed by atoms with Crippen LogP contribution < -0.4 is 5.73 Å². The largest absolute Gasteiger partial charge is 0.449 e. The van der Waals surface area contributed by atoms with E-state index in [-0.39, 0.29) is 12.3 Å². The van der Waals surface area contributed by atoms with Gasteiger partial charge in [-0.2, -0.15) is 13.2 Å². The van der Waals surface area contributed by atoms with Crippen LogP contribution in [0.5, 0.6) is 0 Å². The second kappa shape index (κ2) is 3.21. The van der Waals surface area contributed by atoms with Crippen LogP contribution in [0.3, 0.4) is 0 Å². The first-order valence-corrected chi connectivity index (χ1v) is 3.35. The van der Waals surface area contributed by atoms with Gasteiger partial charge < -0.3 is 10.2 Å². The number of ketones is 1. The molecule has 2 N–H and O–H groups in total. The van der Waals surface area contributed by atoms with E-state index in [4.69, 9.17) is 5.73 Å². The Morgan fingerprint density at radius 2 is 2.08 bits per heavy atom. The predicted molar refractivity (Wildman–Crippen MR) is 37.1 cm³/mol. The third-order valence-electron chi connectivity index (χ3n) is 1.35. The van der Waals surface area contributed by atoms with Gasteiger partial charge in [0.2, 0.25) is 11.5 Å². The summed E-state index contributed by atoms with van der Waals surface area (Å²) in [5.74, 6) is -2.21. The van der Waals surface area contributed by atoms with E-state index in [2.05, 4.69) is 4.42 Å². The molecule has 1 rings (SSSR count). The molecule has 0 aliphatic heterocycles. The summed E-state index contributed by atoms with van der Waals surface area (Å²) < 4.78 is 40.0. The van der Waals surface area contributed by atoms with Gasteiger partial charge in [0.25, 0.3) is 0 Å². The lowest BCUT2D eigenvalue weighted by atomic mass is 10.3. The van der Waals surface area contributed by atoms with Crippen LogP contribution in [0, 0.1) is 0 Å². The Kier molecular flexibility index (Phi) is 2.42. The number of nitrogens with two attached hydrogens (primary N) is 1. The Morgan fingerprint density at radius 3 is 2.46 bits per heavy atom. The summed E-state index contributed by atoms with van der Waals surface area (Å²) >= 11 is 0. The standard InChI is InChI=1S/C7H6F3NO2/c8-7(9,10)6-2-1-5(13-6)4(12)3-11/h1-2H,3,11H2. The van der Waals surface area contributed by atoms with Crippen LogP contribution in [0.15, 0.2) is 16.5 Å². The first kappa shape index (κ1) is 9.79. The normalized spacial score (nSPS) is 11.7. The zero-order valence-corrected chi connectivity index (χ0v) is 6.39. The number of hydrogen-bond donors (Lipinski definition) is 1. The maximum Gasteiger partial charge on any atom is 0.449 e. The van der Waals surface area contributed by atoms with E-state index in [0.717, 1.165) is 6.07 Å². The van der Waals surface area contributed by atoms with Gasteiger partial charge in [-0.15, -0.1) is 0 Å². The van der Waals surface area contributed by atoms with E-state index >= 15 is 0 Å². The SMILES string of the molecule is NCC(=O)c1ccc(C(F)(F)F)o1. The van der Waals surface area contributed by atoms with Gasteiger partial charge in [-0.1, -0.05) is 0 Å². The maximum absolute atomic E-state index is 11.9. The molecule has 0 saturated carbocycles. The van der Waals surface area contributed by atoms with Crippen molar-refractivity contribution < 1.29 is 22.4 Å². The Labute approximate surface area is 71.3 Å². The molecule has 0 fully saturated rings. The summed E-state index contributed by atoms with van der Waals surface area (Å²) in [7, 11) is 0. The van der Waals surface area contributed by atoms with E-state index in [0.29, 0.717) is 6.07 Å². The molecule has 6 heteroatoms. The molecule has 1 heterocycles. The fourth-order valence-electron chi connectivity index (χ4n) is 0.741. The molecule has 72 valence electrons. The fourth-order valence-corrected chi connectivity index (χ4v) is 0.741. The van der Waals surface area contributed by atoms with Crippen molar-refractivity contribution in [3.8, 4) is 0 Å². The molecule has 0 aliphatic rings. The molecule has 0 amide bonds. The highest BCUT2D eigenvalue weighted by molar-refractivity contribution is 5.94. The molecular formula is C7H6F3NO2. The van der Waals surface area contributed by atoms with Crippen LogP contribution in [0.25, 0.3) is 0 Å². The zero-order chi connectivity index (χ0) is 10.1. The Balaban J connectivity index is 2.93. The van der Waals surface area contributed by atoms with Crippen molar-refractivity contribution in [2.75, 3.05) is 6.54 Å². The zero-order valence-electron chi connectivity index (χ0n) is 6.39. The topological polar surface area (TPSA) is 56.2 Å². The van der Waals surface area contributed by atoms with E-state index in [1.165, 1.54) is 0 Å². The minimum absolute atomic E-state index is 0.366. The van der Waals surface area contributed by atoms with Gasteiger partial charge in [-0.3, -0.25) is 4.79 Å². The summed E-state index contributed by atoms with van der Waals surface area (Å²) in [6.07, 6.45) is -4.56. The molecule has 3 nitrogen and oxygen atoms in total. The van der Waals surface area contributed by atoms with E-state index in [9.17, 15) is 18.0 Å². The number of halogens is 3. The van der Waals surface area contributed by atoms with Crippen molar-refractivity contribution >= 4 is 5.78 Å². The lowest BCUT2D eigenvalue weighted by Gasteiger charge is -2.00. The maximum atomic E-state index is 11.9. The van der Waals surface area contributed by atoms with E-state index in [1.54, 1.807) is 0 Å². The number of alkyl halides is 3. The molecule has 0 unspecified atom stereocenters. The summed E-state index contributed by atoms with van der Waals surface area (Å²) in [5, 5.41) is 0. The Hall–Kier alpha value is -1.30. The van der Waals surface area contributed by atoms with Crippen LogP contribution >= 0.6 is 0 Å². The van der Waals surface area contributed by atoms with Crippen LogP contribution in [-0.4, -0.2) is 12.3 Å². The minimum atomic E-state index is -4.56. The number of Topliss-reactive ketones (excluding diaryl/α,β-unsaturated/α-hetero) is 1. The van der Waals surface area contributed by atoms with Crippen molar-refractivity contribution in [2.45, 2.75) is 6.18 Å². The van der Waals surface area contributed by atoms with Crippen LogP contribution in [0.2, 0.25) is 0 Å². The first-order valence-electron chi connectivity index (χ1n) is 3.35. The van der Waals surface area contributed by atoms with Crippen molar-refractivity contribution in [1.82, 2.24) is 0 Å². The summed E-state index contributed by atoms with van der Waals surface area (Å²) in [5.41, 5.74) is 4.93. The van der Waals surface area contributed by atoms with Crippen molar-refractivity contribution in [3.05, 3.63) is 23.7 Å². The average Bonchev–Trinajstić information content (AvgIpc) is 2.50. The summed E-state index contributed by atoms with van der Waals surface area (Å²) in [6.45, 7) is -0.370. The van der Waals surface area contributed by atoms with Crippen molar-refractivity contribution in [2.24, 2.45) is 5.73 Å². The number of carbonyl (C=O) groups is 1. The third kappa shape index (κ3) is 2.09.